The number of rotatable bonds is 6. The highest BCUT2D eigenvalue weighted by molar-refractivity contribution is 7.12. The normalized spacial score (nSPS) is 12.7. The zero-order valence-electron chi connectivity index (χ0n) is 18.4. The summed E-state index contributed by atoms with van der Waals surface area (Å²) in [7, 11) is 0. The second-order valence-corrected chi connectivity index (χ2v) is 9.67. The summed E-state index contributed by atoms with van der Waals surface area (Å²) < 4.78 is 15.2. The van der Waals surface area contributed by atoms with Gasteiger partial charge in [0.25, 0.3) is 0 Å². The number of aromatic nitrogens is 2. The Morgan fingerprint density at radius 3 is 2.39 bits per heavy atom. The van der Waals surface area contributed by atoms with Crippen molar-refractivity contribution in [3.63, 3.8) is 0 Å². The van der Waals surface area contributed by atoms with Crippen LogP contribution in [0.5, 0.6) is 0 Å². The molecule has 0 N–H and O–H groups in total. The first-order chi connectivity index (χ1) is 15.9. The molecule has 5 heteroatoms. The van der Waals surface area contributed by atoms with Gasteiger partial charge in [-0.25, -0.2) is 9.07 Å². The molecule has 0 amide bonds. The van der Waals surface area contributed by atoms with Crippen LogP contribution in [0.2, 0.25) is 0 Å². The fourth-order valence-electron chi connectivity index (χ4n) is 4.55. The smallest absolute Gasteiger partial charge is 0.179 e. The highest BCUT2D eigenvalue weighted by Crippen LogP contribution is 2.44. The minimum absolute atomic E-state index is 0.133. The van der Waals surface area contributed by atoms with E-state index in [2.05, 4.69) is 29.4 Å². The van der Waals surface area contributed by atoms with Gasteiger partial charge in [-0.2, -0.15) is 5.10 Å². The summed E-state index contributed by atoms with van der Waals surface area (Å²) in [6.45, 7) is 4.05. The van der Waals surface area contributed by atoms with Gasteiger partial charge < -0.3 is 0 Å². The molecule has 164 valence electrons. The van der Waals surface area contributed by atoms with Crippen LogP contribution in [0, 0.1) is 11.2 Å². The van der Waals surface area contributed by atoms with Gasteiger partial charge >= 0.3 is 0 Å². The molecule has 0 saturated heterocycles. The van der Waals surface area contributed by atoms with E-state index in [1.807, 2.05) is 61.8 Å². The van der Waals surface area contributed by atoms with Gasteiger partial charge in [-0.3, -0.25) is 4.79 Å². The molecule has 0 aliphatic heterocycles. The molecule has 5 aromatic rings. The molecule has 0 radical (unpaired) electrons. The molecule has 1 unspecified atom stereocenters. The lowest BCUT2D eigenvalue weighted by Crippen LogP contribution is -2.32. The number of carbonyl (C=O) groups excluding carboxylic acids is 1. The van der Waals surface area contributed by atoms with Gasteiger partial charge in [0, 0.05) is 16.7 Å². The number of fused-ring (bicyclic) bond motifs is 1. The summed E-state index contributed by atoms with van der Waals surface area (Å²) in [6, 6.07) is 26.5. The Hall–Kier alpha value is -3.57. The number of halogens is 1. The largest absolute Gasteiger partial charge is 0.293 e. The third-order valence-corrected chi connectivity index (χ3v) is 7.05. The molecular weight excluding hydrogens is 431 g/mol. The van der Waals surface area contributed by atoms with Crippen LogP contribution in [0.3, 0.4) is 0 Å². The van der Waals surface area contributed by atoms with E-state index in [1.54, 1.807) is 16.8 Å². The lowest BCUT2D eigenvalue weighted by Gasteiger charge is -2.34. The number of Topliss-reactive ketones (excluding diaryl/α,β-unsaturated/α-hetero) is 1. The third kappa shape index (κ3) is 3.89. The topological polar surface area (TPSA) is 34.9 Å². The van der Waals surface area contributed by atoms with Gasteiger partial charge in [0.05, 0.1) is 22.3 Å². The lowest BCUT2D eigenvalue weighted by molar-refractivity contribution is 0.0821. The van der Waals surface area contributed by atoms with Crippen LogP contribution in [0.25, 0.3) is 16.6 Å². The first-order valence-corrected chi connectivity index (χ1v) is 11.7. The Morgan fingerprint density at radius 1 is 0.939 bits per heavy atom. The van der Waals surface area contributed by atoms with Gasteiger partial charge in [-0.1, -0.05) is 56.3 Å². The van der Waals surface area contributed by atoms with Gasteiger partial charge in [0.15, 0.2) is 5.78 Å². The molecule has 33 heavy (non-hydrogen) atoms. The minimum atomic E-state index is -0.660. The Balaban J connectivity index is 1.62. The number of benzene rings is 3. The number of hydrogen-bond donors (Lipinski definition) is 0. The van der Waals surface area contributed by atoms with Gasteiger partial charge in [-0.05, 0) is 59.0 Å². The standard InChI is InChI=1S/C28H23FN2OS/c1-28(2,27(32)25-9-6-16-33-25)26(19-7-4-3-5-8-19)20-10-15-24-21(17-20)18-30-31(24)23-13-11-22(29)12-14-23/h3-18,26H,1-2H3. The Labute approximate surface area is 196 Å². The summed E-state index contributed by atoms with van der Waals surface area (Å²) in [5.41, 5.74) is 3.22. The van der Waals surface area contributed by atoms with Gasteiger partial charge in [0.2, 0.25) is 0 Å². The van der Waals surface area contributed by atoms with Crippen LogP contribution in [-0.2, 0) is 0 Å². The molecule has 0 saturated carbocycles. The molecule has 2 aromatic heterocycles. The summed E-state index contributed by atoms with van der Waals surface area (Å²) in [5, 5.41) is 7.45. The maximum atomic E-state index is 13.6. The van der Waals surface area contributed by atoms with E-state index in [1.165, 1.54) is 23.5 Å². The number of nitrogens with zero attached hydrogens (tertiary/aromatic N) is 2. The monoisotopic (exact) mass is 454 g/mol. The average molecular weight is 455 g/mol. The predicted molar refractivity (Wildman–Crippen MR) is 132 cm³/mol. The van der Waals surface area contributed by atoms with Crippen molar-refractivity contribution >= 4 is 28.0 Å². The van der Waals surface area contributed by atoms with E-state index in [0.717, 1.165) is 32.6 Å². The molecule has 0 fully saturated rings. The minimum Gasteiger partial charge on any atom is -0.293 e. The summed E-state index contributed by atoms with van der Waals surface area (Å²) in [6.07, 6.45) is 1.82. The molecular formula is C28H23FN2OS. The molecule has 3 aromatic carbocycles. The number of ketones is 1. The van der Waals surface area contributed by atoms with Gasteiger partial charge in [0.1, 0.15) is 5.82 Å². The quantitative estimate of drug-likeness (QED) is 0.253. The summed E-state index contributed by atoms with van der Waals surface area (Å²) >= 11 is 1.48. The average Bonchev–Trinajstić information content (AvgIpc) is 3.50. The lowest BCUT2D eigenvalue weighted by atomic mass is 9.68. The highest BCUT2D eigenvalue weighted by atomic mass is 32.1. The van der Waals surface area contributed by atoms with Crippen molar-refractivity contribution < 1.29 is 9.18 Å². The van der Waals surface area contributed by atoms with Crippen LogP contribution in [-0.4, -0.2) is 15.6 Å². The third-order valence-electron chi connectivity index (χ3n) is 6.18. The van der Waals surface area contributed by atoms with Crippen molar-refractivity contribution in [3.05, 3.63) is 118 Å². The maximum absolute atomic E-state index is 13.6. The SMILES string of the molecule is CC(C)(C(=O)c1cccs1)C(c1ccccc1)c1ccc2c(cnn2-c2ccc(F)cc2)c1. The zero-order chi connectivity index (χ0) is 23.0. The molecule has 0 aliphatic carbocycles. The predicted octanol–water partition coefficient (Wildman–Crippen LogP) is 7.27. The van der Waals surface area contributed by atoms with Crippen LogP contribution in [0.15, 0.2) is 96.5 Å². The van der Waals surface area contributed by atoms with Crippen molar-refractivity contribution in [3.8, 4) is 5.69 Å². The second-order valence-electron chi connectivity index (χ2n) is 8.72. The molecule has 2 heterocycles. The van der Waals surface area contributed by atoms with Crippen molar-refractivity contribution in [1.82, 2.24) is 9.78 Å². The molecule has 3 nitrogen and oxygen atoms in total. The summed E-state index contributed by atoms with van der Waals surface area (Å²) in [4.78, 5) is 14.3. The van der Waals surface area contributed by atoms with Crippen molar-refractivity contribution in [1.29, 1.82) is 0 Å². The van der Waals surface area contributed by atoms with Crippen LogP contribution in [0.1, 0.15) is 40.6 Å². The van der Waals surface area contributed by atoms with Crippen molar-refractivity contribution in [2.24, 2.45) is 5.41 Å². The first kappa shape index (κ1) is 21.3. The fourth-order valence-corrected chi connectivity index (χ4v) is 5.38. The second kappa shape index (κ2) is 8.41. The molecule has 1 atom stereocenters. The zero-order valence-corrected chi connectivity index (χ0v) is 19.2. The Morgan fingerprint density at radius 2 is 1.70 bits per heavy atom. The van der Waals surface area contributed by atoms with Crippen molar-refractivity contribution in [2.75, 3.05) is 0 Å². The maximum Gasteiger partial charge on any atom is 0.179 e. The molecule has 0 bridgehead atoms. The Bertz CT molecular complexity index is 1400. The van der Waals surface area contributed by atoms with E-state index in [0.29, 0.717) is 0 Å². The van der Waals surface area contributed by atoms with E-state index in [4.69, 9.17) is 0 Å². The molecule has 0 spiro atoms. The van der Waals surface area contributed by atoms with Gasteiger partial charge in [-0.15, -0.1) is 11.3 Å². The molecule has 0 aliphatic rings. The van der Waals surface area contributed by atoms with Crippen LogP contribution < -0.4 is 0 Å². The number of carbonyl (C=O) groups is 1. The van der Waals surface area contributed by atoms with E-state index < -0.39 is 5.41 Å². The van der Waals surface area contributed by atoms with E-state index >= 15 is 0 Å². The Kier molecular flexibility index (Phi) is 5.43. The van der Waals surface area contributed by atoms with Crippen LogP contribution >= 0.6 is 11.3 Å². The van der Waals surface area contributed by atoms with Crippen LogP contribution in [0.4, 0.5) is 4.39 Å². The fraction of sp³-hybridized carbons (Fsp3) is 0.143. The van der Waals surface area contributed by atoms with Crippen molar-refractivity contribution in [2.45, 2.75) is 19.8 Å². The van der Waals surface area contributed by atoms with E-state index in [9.17, 15) is 9.18 Å². The highest BCUT2D eigenvalue weighted by Gasteiger charge is 2.39. The first-order valence-electron chi connectivity index (χ1n) is 10.8. The number of hydrogen-bond acceptors (Lipinski definition) is 3. The van der Waals surface area contributed by atoms with E-state index in [-0.39, 0.29) is 17.5 Å². The number of thiophene rings is 1. The summed E-state index contributed by atoms with van der Waals surface area (Å²) in [5.74, 6) is -0.277. The molecule has 5 rings (SSSR count).